The number of halogens is 1. The Morgan fingerprint density at radius 3 is 2.52 bits per heavy atom. The van der Waals surface area contributed by atoms with Crippen molar-refractivity contribution in [3.8, 4) is 11.3 Å². The summed E-state index contributed by atoms with van der Waals surface area (Å²) in [5.41, 5.74) is -0.00270. The predicted molar refractivity (Wildman–Crippen MR) is 93.7 cm³/mol. The van der Waals surface area contributed by atoms with Crippen molar-refractivity contribution in [2.45, 2.75) is 38.8 Å². The number of hydrogen-bond acceptors (Lipinski definition) is 4. The zero-order valence-electron chi connectivity index (χ0n) is 14.2. The quantitative estimate of drug-likeness (QED) is 0.831. The van der Waals surface area contributed by atoms with Crippen LogP contribution in [0.4, 0.5) is 4.79 Å². The normalized spacial score (nSPS) is 12.5. The third kappa shape index (κ3) is 5.53. The SMILES string of the molecule is CC(C)(C)OC(=O)NC(Cc1ccc(-c2ccccc2Cl)o1)C(=O)O. The molecule has 0 aliphatic carbocycles. The van der Waals surface area contributed by atoms with Crippen molar-refractivity contribution in [2.75, 3.05) is 0 Å². The third-order valence-corrected chi connectivity index (χ3v) is 3.52. The smallest absolute Gasteiger partial charge is 0.408 e. The van der Waals surface area contributed by atoms with Gasteiger partial charge in [0.05, 0.1) is 5.02 Å². The van der Waals surface area contributed by atoms with E-state index in [1.807, 2.05) is 6.07 Å². The molecule has 0 fully saturated rings. The molecular weight excluding hydrogens is 346 g/mol. The summed E-state index contributed by atoms with van der Waals surface area (Å²) in [6, 6.07) is 9.38. The number of amides is 1. The van der Waals surface area contributed by atoms with Gasteiger partial charge >= 0.3 is 12.1 Å². The first-order chi connectivity index (χ1) is 11.7. The van der Waals surface area contributed by atoms with Gasteiger partial charge in [-0.2, -0.15) is 0 Å². The van der Waals surface area contributed by atoms with E-state index in [1.54, 1.807) is 51.1 Å². The summed E-state index contributed by atoms with van der Waals surface area (Å²) in [6.45, 7) is 5.10. The average Bonchev–Trinajstić information content (AvgIpc) is 2.93. The molecule has 1 aromatic carbocycles. The van der Waals surface area contributed by atoms with Crippen molar-refractivity contribution in [2.24, 2.45) is 0 Å². The van der Waals surface area contributed by atoms with Gasteiger partial charge in [-0.25, -0.2) is 9.59 Å². The number of rotatable bonds is 5. The molecule has 0 aliphatic rings. The van der Waals surface area contributed by atoms with Crippen molar-refractivity contribution >= 4 is 23.7 Å². The number of furan rings is 1. The van der Waals surface area contributed by atoms with E-state index in [-0.39, 0.29) is 6.42 Å². The first kappa shape index (κ1) is 18.9. The van der Waals surface area contributed by atoms with E-state index in [1.165, 1.54) is 0 Å². The van der Waals surface area contributed by atoms with Gasteiger partial charge in [0.1, 0.15) is 23.2 Å². The van der Waals surface area contributed by atoms with Gasteiger partial charge in [-0.3, -0.25) is 0 Å². The number of nitrogens with one attached hydrogen (secondary N) is 1. The number of carbonyl (C=O) groups excluding carboxylic acids is 1. The molecule has 1 aromatic heterocycles. The fraction of sp³-hybridized carbons (Fsp3) is 0.333. The van der Waals surface area contributed by atoms with Crippen LogP contribution in [-0.4, -0.2) is 28.8 Å². The summed E-state index contributed by atoms with van der Waals surface area (Å²) in [5, 5.41) is 12.2. The minimum absolute atomic E-state index is 0.0149. The molecule has 2 N–H and O–H groups in total. The van der Waals surface area contributed by atoms with E-state index < -0.39 is 23.7 Å². The molecule has 6 nitrogen and oxygen atoms in total. The topological polar surface area (TPSA) is 88.8 Å². The molecule has 134 valence electrons. The summed E-state index contributed by atoms with van der Waals surface area (Å²) >= 11 is 6.13. The summed E-state index contributed by atoms with van der Waals surface area (Å²) in [5.74, 6) is -0.234. The van der Waals surface area contributed by atoms with Crippen LogP contribution in [0.15, 0.2) is 40.8 Å². The van der Waals surface area contributed by atoms with Crippen LogP contribution in [0.1, 0.15) is 26.5 Å². The standard InChI is InChI=1S/C18H20ClNO5/c1-18(2,3)25-17(23)20-14(16(21)22)10-11-8-9-15(24-11)12-6-4-5-7-13(12)19/h4-9,14H,10H2,1-3H3,(H,20,23)(H,21,22). The lowest BCUT2D eigenvalue weighted by atomic mass is 10.1. The van der Waals surface area contributed by atoms with E-state index in [4.69, 9.17) is 20.8 Å². The lowest BCUT2D eigenvalue weighted by Gasteiger charge is -2.21. The van der Waals surface area contributed by atoms with Gasteiger partial charge in [-0.15, -0.1) is 0 Å². The zero-order valence-corrected chi connectivity index (χ0v) is 15.0. The molecule has 1 heterocycles. The number of carboxylic acid groups (broad SMARTS) is 1. The molecule has 7 heteroatoms. The average molecular weight is 366 g/mol. The van der Waals surface area contributed by atoms with Gasteiger partial charge in [0.25, 0.3) is 0 Å². The van der Waals surface area contributed by atoms with Gasteiger partial charge in [0.2, 0.25) is 0 Å². The van der Waals surface area contributed by atoms with Gasteiger partial charge in [0.15, 0.2) is 0 Å². The lowest BCUT2D eigenvalue weighted by Crippen LogP contribution is -2.44. The Hall–Kier alpha value is -2.47. The van der Waals surface area contributed by atoms with E-state index in [9.17, 15) is 14.7 Å². The highest BCUT2D eigenvalue weighted by Crippen LogP contribution is 2.29. The van der Waals surface area contributed by atoms with Crippen molar-refractivity contribution in [3.05, 3.63) is 47.2 Å². The molecule has 1 amide bonds. The number of carbonyl (C=O) groups is 2. The van der Waals surface area contributed by atoms with Crippen LogP contribution < -0.4 is 5.32 Å². The van der Waals surface area contributed by atoms with Crippen LogP contribution in [0.2, 0.25) is 5.02 Å². The maximum atomic E-state index is 11.8. The second kappa shape index (κ2) is 7.61. The molecule has 2 aromatic rings. The first-order valence-electron chi connectivity index (χ1n) is 7.71. The van der Waals surface area contributed by atoms with E-state index in [0.29, 0.717) is 22.1 Å². The Bertz CT molecular complexity index is 763. The molecule has 1 unspecified atom stereocenters. The summed E-state index contributed by atoms with van der Waals surface area (Å²) in [4.78, 5) is 23.2. The zero-order chi connectivity index (χ0) is 18.6. The number of ether oxygens (including phenoxy) is 1. The van der Waals surface area contributed by atoms with E-state index in [2.05, 4.69) is 5.32 Å². The number of hydrogen-bond donors (Lipinski definition) is 2. The monoisotopic (exact) mass is 365 g/mol. The fourth-order valence-electron chi connectivity index (χ4n) is 2.14. The predicted octanol–water partition coefficient (Wildman–Crippen LogP) is 4.12. The number of aliphatic carboxylic acids is 1. The Morgan fingerprint density at radius 1 is 1.24 bits per heavy atom. The second-order valence-corrected chi connectivity index (χ2v) is 6.89. The van der Waals surface area contributed by atoms with Gasteiger partial charge in [-0.05, 0) is 45.0 Å². The largest absolute Gasteiger partial charge is 0.480 e. The number of carboxylic acids is 1. The minimum Gasteiger partial charge on any atom is -0.480 e. The minimum atomic E-state index is -1.18. The first-order valence-corrected chi connectivity index (χ1v) is 8.09. The number of benzene rings is 1. The molecule has 2 rings (SSSR count). The van der Waals surface area contributed by atoms with Crippen molar-refractivity contribution in [1.29, 1.82) is 0 Å². The molecule has 0 saturated heterocycles. The molecule has 0 radical (unpaired) electrons. The highest BCUT2D eigenvalue weighted by Gasteiger charge is 2.25. The Balaban J connectivity index is 2.09. The summed E-state index contributed by atoms with van der Waals surface area (Å²) < 4.78 is 10.8. The molecule has 1 atom stereocenters. The van der Waals surface area contributed by atoms with Crippen molar-refractivity contribution in [1.82, 2.24) is 5.32 Å². The maximum absolute atomic E-state index is 11.8. The Labute approximate surface area is 150 Å². The number of alkyl carbamates (subject to hydrolysis) is 1. The second-order valence-electron chi connectivity index (χ2n) is 6.49. The van der Waals surface area contributed by atoms with E-state index in [0.717, 1.165) is 0 Å². The van der Waals surface area contributed by atoms with Gasteiger partial charge < -0.3 is 19.6 Å². The highest BCUT2D eigenvalue weighted by atomic mass is 35.5. The highest BCUT2D eigenvalue weighted by molar-refractivity contribution is 6.33. The Kier molecular flexibility index (Phi) is 5.74. The van der Waals surface area contributed by atoms with Gasteiger partial charge in [-0.1, -0.05) is 23.7 Å². The molecule has 0 aliphatic heterocycles. The molecule has 25 heavy (non-hydrogen) atoms. The molecule has 0 spiro atoms. The van der Waals surface area contributed by atoms with Crippen LogP contribution in [0.5, 0.6) is 0 Å². The van der Waals surface area contributed by atoms with Crippen molar-refractivity contribution in [3.63, 3.8) is 0 Å². The van der Waals surface area contributed by atoms with Crippen LogP contribution in [0, 0.1) is 0 Å². The van der Waals surface area contributed by atoms with Crippen LogP contribution in [-0.2, 0) is 16.0 Å². The third-order valence-electron chi connectivity index (χ3n) is 3.20. The lowest BCUT2D eigenvalue weighted by molar-refractivity contribution is -0.139. The summed E-state index contributed by atoms with van der Waals surface area (Å²) in [6.07, 6.45) is -0.809. The molecule has 0 saturated carbocycles. The summed E-state index contributed by atoms with van der Waals surface area (Å²) in [7, 11) is 0. The fourth-order valence-corrected chi connectivity index (χ4v) is 2.37. The molecule has 0 bridgehead atoms. The van der Waals surface area contributed by atoms with E-state index >= 15 is 0 Å². The van der Waals surface area contributed by atoms with Crippen LogP contribution in [0.25, 0.3) is 11.3 Å². The Morgan fingerprint density at radius 2 is 1.92 bits per heavy atom. The molecular formula is C18H20ClNO5. The van der Waals surface area contributed by atoms with Crippen LogP contribution in [0.3, 0.4) is 0 Å². The van der Waals surface area contributed by atoms with Crippen LogP contribution >= 0.6 is 11.6 Å². The van der Waals surface area contributed by atoms with Crippen molar-refractivity contribution < 1.29 is 23.8 Å². The maximum Gasteiger partial charge on any atom is 0.408 e. The van der Waals surface area contributed by atoms with Gasteiger partial charge in [0, 0.05) is 12.0 Å².